The molecule has 1 aromatic carbocycles. The molecule has 0 fully saturated rings. The van der Waals surface area contributed by atoms with E-state index in [1.807, 2.05) is 37.4 Å². The molecule has 0 amide bonds. The minimum absolute atomic E-state index is 0.0174. The van der Waals surface area contributed by atoms with Gasteiger partial charge in [-0.1, -0.05) is 22.0 Å². The lowest BCUT2D eigenvalue weighted by molar-refractivity contribution is 0.103. The zero-order valence-corrected chi connectivity index (χ0v) is 12.8. The monoisotopic (exact) mass is 324 g/mol. The van der Waals surface area contributed by atoms with Gasteiger partial charge in [0, 0.05) is 4.47 Å². The number of halogens is 1. The highest BCUT2D eigenvalue weighted by Crippen LogP contribution is 2.34. The maximum Gasteiger partial charge on any atom is 0.206 e. The number of thiophene rings is 1. The Hall–Kier alpha value is -1.13. The van der Waals surface area contributed by atoms with Gasteiger partial charge in [0.2, 0.25) is 5.78 Å². The molecule has 0 N–H and O–H groups in total. The molecule has 0 saturated heterocycles. The van der Waals surface area contributed by atoms with Gasteiger partial charge >= 0.3 is 0 Å². The molecule has 1 heterocycles. The summed E-state index contributed by atoms with van der Waals surface area (Å²) in [7, 11) is 1.60. The highest BCUT2D eigenvalue weighted by atomic mass is 79.9. The van der Waals surface area contributed by atoms with Crippen LogP contribution in [-0.4, -0.2) is 12.9 Å². The molecule has 0 atom stereocenters. The molecular formula is C14H13BrO2S. The molecule has 94 valence electrons. The second-order valence-corrected chi connectivity index (χ2v) is 5.82. The van der Waals surface area contributed by atoms with Crippen molar-refractivity contribution in [3.8, 4) is 5.75 Å². The SMILES string of the molecule is COc1c(C)cc(Br)c(C)c1C(=O)c1cccs1. The van der Waals surface area contributed by atoms with E-state index >= 15 is 0 Å². The fourth-order valence-corrected chi connectivity index (χ4v) is 3.13. The highest BCUT2D eigenvalue weighted by molar-refractivity contribution is 9.10. The predicted octanol–water partition coefficient (Wildman–Crippen LogP) is 4.37. The summed E-state index contributed by atoms with van der Waals surface area (Å²) in [4.78, 5) is 13.3. The third-order valence-corrected chi connectivity index (χ3v) is 4.53. The van der Waals surface area contributed by atoms with Gasteiger partial charge in [-0.05, 0) is 42.5 Å². The van der Waals surface area contributed by atoms with Crippen LogP contribution in [-0.2, 0) is 0 Å². The van der Waals surface area contributed by atoms with E-state index in [0.29, 0.717) is 11.3 Å². The number of hydrogen-bond acceptors (Lipinski definition) is 3. The van der Waals surface area contributed by atoms with E-state index in [9.17, 15) is 4.79 Å². The number of ether oxygens (including phenoxy) is 1. The summed E-state index contributed by atoms with van der Waals surface area (Å²) in [5.41, 5.74) is 2.51. The van der Waals surface area contributed by atoms with Crippen LogP contribution in [0, 0.1) is 13.8 Å². The van der Waals surface area contributed by atoms with Crippen LogP contribution in [0.5, 0.6) is 5.75 Å². The van der Waals surface area contributed by atoms with E-state index in [4.69, 9.17) is 4.74 Å². The number of carbonyl (C=O) groups excluding carboxylic acids is 1. The molecule has 0 aliphatic carbocycles. The molecule has 0 radical (unpaired) electrons. The molecule has 0 spiro atoms. The first kappa shape index (κ1) is 13.3. The quantitative estimate of drug-likeness (QED) is 0.784. The number of carbonyl (C=O) groups is 1. The molecule has 0 saturated carbocycles. The first-order valence-corrected chi connectivity index (χ1v) is 7.15. The molecule has 0 aliphatic rings. The van der Waals surface area contributed by atoms with Crippen molar-refractivity contribution < 1.29 is 9.53 Å². The zero-order chi connectivity index (χ0) is 13.3. The van der Waals surface area contributed by atoms with Crippen molar-refractivity contribution in [3.63, 3.8) is 0 Å². The number of hydrogen-bond donors (Lipinski definition) is 0. The molecule has 0 bridgehead atoms. The van der Waals surface area contributed by atoms with Gasteiger partial charge in [0.05, 0.1) is 17.6 Å². The number of ketones is 1. The van der Waals surface area contributed by atoms with E-state index in [0.717, 1.165) is 20.5 Å². The van der Waals surface area contributed by atoms with Gasteiger partial charge in [-0.15, -0.1) is 11.3 Å². The van der Waals surface area contributed by atoms with Gasteiger partial charge in [0.15, 0.2) is 0 Å². The Bertz CT molecular complexity index is 588. The van der Waals surface area contributed by atoms with E-state index in [-0.39, 0.29) is 5.78 Å². The van der Waals surface area contributed by atoms with Crippen LogP contribution in [0.3, 0.4) is 0 Å². The Morgan fingerprint density at radius 3 is 2.67 bits per heavy atom. The lowest BCUT2D eigenvalue weighted by atomic mass is 9.99. The van der Waals surface area contributed by atoms with E-state index in [1.54, 1.807) is 7.11 Å². The highest BCUT2D eigenvalue weighted by Gasteiger charge is 2.21. The first-order valence-electron chi connectivity index (χ1n) is 5.48. The largest absolute Gasteiger partial charge is 0.496 e. The van der Waals surface area contributed by atoms with Crippen LogP contribution in [0.25, 0.3) is 0 Å². The minimum atomic E-state index is 0.0174. The van der Waals surface area contributed by atoms with E-state index in [2.05, 4.69) is 15.9 Å². The molecule has 1 aromatic heterocycles. The van der Waals surface area contributed by atoms with Crippen LogP contribution >= 0.6 is 27.3 Å². The number of benzene rings is 1. The first-order chi connectivity index (χ1) is 8.56. The Kier molecular flexibility index (Phi) is 3.88. The van der Waals surface area contributed by atoms with Crippen molar-refractivity contribution in [2.45, 2.75) is 13.8 Å². The topological polar surface area (TPSA) is 26.3 Å². The van der Waals surface area contributed by atoms with Crippen molar-refractivity contribution in [2.24, 2.45) is 0 Å². The van der Waals surface area contributed by atoms with E-state index < -0.39 is 0 Å². The van der Waals surface area contributed by atoms with Crippen LogP contribution in [0.15, 0.2) is 28.1 Å². The summed E-state index contributed by atoms with van der Waals surface area (Å²) in [6.45, 7) is 3.86. The Balaban J connectivity index is 2.66. The van der Waals surface area contributed by atoms with Crippen molar-refractivity contribution in [3.05, 3.63) is 49.6 Å². The number of aryl methyl sites for hydroxylation is 1. The van der Waals surface area contributed by atoms with Crippen molar-refractivity contribution in [1.82, 2.24) is 0 Å². The maximum atomic E-state index is 12.5. The van der Waals surface area contributed by atoms with Crippen LogP contribution in [0.4, 0.5) is 0 Å². The molecule has 0 aliphatic heterocycles. The number of rotatable bonds is 3. The van der Waals surface area contributed by atoms with Gasteiger partial charge in [-0.2, -0.15) is 0 Å². The van der Waals surface area contributed by atoms with Crippen molar-refractivity contribution in [1.29, 1.82) is 0 Å². The third-order valence-electron chi connectivity index (χ3n) is 2.84. The van der Waals surface area contributed by atoms with Gasteiger partial charge in [-0.25, -0.2) is 0 Å². The van der Waals surface area contributed by atoms with Crippen molar-refractivity contribution in [2.75, 3.05) is 7.11 Å². The van der Waals surface area contributed by atoms with Gasteiger partial charge < -0.3 is 4.74 Å². The number of methoxy groups -OCH3 is 1. The average Bonchev–Trinajstić information content (AvgIpc) is 2.86. The molecular weight excluding hydrogens is 312 g/mol. The summed E-state index contributed by atoms with van der Waals surface area (Å²) in [5, 5.41) is 1.90. The standard InChI is InChI=1S/C14H13BrO2S/c1-8-7-10(15)9(2)12(14(8)17-3)13(16)11-5-4-6-18-11/h4-7H,1-3H3. The minimum Gasteiger partial charge on any atom is -0.496 e. The Morgan fingerprint density at radius 1 is 1.39 bits per heavy atom. The summed E-state index contributed by atoms with van der Waals surface area (Å²) < 4.78 is 6.33. The van der Waals surface area contributed by atoms with Gasteiger partial charge in [0.25, 0.3) is 0 Å². The third kappa shape index (κ3) is 2.22. The predicted molar refractivity (Wildman–Crippen MR) is 77.9 cm³/mol. The normalized spacial score (nSPS) is 10.4. The summed E-state index contributed by atoms with van der Waals surface area (Å²) >= 11 is 4.93. The van der Waals surface area contributed by atoms with E-state index in [1.165, 1.54) is 11.3 Å². The maximum absolute atomic E-state index is 12.5. The summed E-state index contributed by atoms with van der Waals surface area (Å²) in [6, 6.07) is 5.69. The van der Waals surface area contributed by atoms with Crippen LogP contribution < -0.4 is 4.74 Å². The summed E-state index contributed by atoms with van der Waals surface area (Å²) in [5.74, 6) is 0.679. The molecule has 2 nitrogen and oxygen atoms in total. The fourth-order valence-electron chi connectivity index (χ4n) is 1.92. The van der Waals surface area contributed by atoms with Crippen LogP contribution in [0.2, 0.25) is 0 Å². The van der Waals surface area contributed by atoms with Gasteiger partial charge in [0.1, 0.15) is 5.75 Å². The molecule has 0 unspecified atom stereocenters. The summed E-state index contributed by atoms with van der Waals surface area (Å²) in [6.07, 6.45) is 0. The Morgan fingerprint density at radius 2 is 2.11 bits per heavy atom. The molecule has 2 rings (SSSR count). The van der Waals surface area contributed by atoms with Crippen molar-refractivity contribution >= 4 is 33.0 Å². The molecule has 18 heavy (non-hydrogen) atoms. The molecule has 4 heteroatoms. The second-order valence-electron chi connectivity index (χ2n) is 4.01. The second kappa shape index (κ2) is 5.24. The average molecular weight is 325 g/mol. The van der Waals surface area contributed by atoms with Crippen LogP contribution in [0.1, 0.15) is 26.4 Å². The molecule has 2 aromatic rings. The zero-order valence-electron chi connectivity index (χ0n) is 10.4. The Labute approximate surface area is 119 Å². The lowest BCUT2D eigenvalue weighted by Gasteiger charge is -2.14. The van der Waals surface area contributed by atoms with Gasteiger partial charge in [-0.3, -0.25) is 4.79 Å². The smallest absolute Gasteiger partial charge is 0.206 e. The lowest BCUT2D eigenvalue weighted by Crippen LogP contribution is -2.07. The fraction of sp³-hybridized carbons (Fsp3) is 0.214.